The summed E-state index contributed by atoms with van der Waals surface area (Å²) in [7, 11) is 0. The second-order valence-electron chi connectivity index (χ2n) is 3.95. The fourth-order valence-corrected chi connectivity index (χ4v) is 1.55. The molecule has 0 amide bonds. The lowest BCUT2D eigenvalue weighted by Crippen LogP contribution is -2.36. The molecular formula is C13H16F3NO2. The molecular weight excluding hydrogens is 259 g/mol. The van der Waals surface area contributed by atoms with E-state index in [9.17, 15) is 18.0 Å². The van der Waals surface area contributed by atoms with Crippen LogP contribution in [0.15, 0.2) is 30.3 Å². The van der Waals surface area contributed by atoms with Gasteiger partial charge in [0.05, 0.1) is 6.61 Å². The minimum Gasteiger partial charge on any atom is -0.466 e. The lowest BCUT2D eigenvalue weighted by atomic mass is 10.1. The van der Waals surface area contributed by atoms with Gasteiger partial charge in [-0.2, -0.15) is 13.2 Å². The predicted molar refractivity (Wildman–Crippen MR) is 65.8 cm³/mol. The molecule has 0 fully saturated rings. The van der Waals surface area contributed by atoms with Gasteiger partial charge in [-0.15, -0.1) is 0 Å². The van der Waals surface area contributed by atoms with Gasteiger partial charge in [0.15, 0.2) is 0 Å². The minimum absolute atomic E-state index is 0.168. The molecule has 0 bridgehead atoms. The van der Waals surface area contributed by atoms with Crippen LogP contribution in [0.25, 0.3) is 0 Å². The van der Waals surface area contributed by atoms with E-state index < -0.39 is 18.2 Å². The molecule has 0 aromatic heterocycles. The monoisotopic (exact) mass is 275 g/mol. The van der Waals surface area contributed by atoms with Crippen molar-refractivity contribution in [2.75, 3.05) is 11.9 Å². The zero-order chi connectivity index (χ0) is 14.3. The number of anilines is 1. The van der Waals surface area contributed by atoms with Crippen molar-refractivity contribution >= 4 is 11.7 Å². The van der Waals surface area contributed by atoms with E-state index >= 15 is 0 Å². The Bertz CT molecular complexity index is 393. The standard InChI is InChI=1S/C13H16F3NO2/c1-2-19-12(18)9-8-11(13(14,15)16)17-10-6-4-3-5-7-10/h3-7,11,17H,2,8-9H2,1H3/t11-/m1/s1. The molecule has 6 heteroatoms. The number of alkyl halides is 3. The second kappa shape index (κ2) is 7.01. The van der Waals surface area contributed by atoms with Gasteiger partial charge >= 0.3 is 12.1 Å². The highest BCUT2D eigenvalue weighted by atomic mass is 19.4. The van der Waals surface area contributed by atoms with Crippen LogP contribution < -0.4 is 5.32 Å². The van der Waals surface area contributed by atoms with Gasteiger partial charge in [0.25, 0.3) is 0 Å². The lowest BCUT2D eigenvalue weighted by Gasteiger charge is -2.22. The van der Waals surface area contributed by atoms with Crippen molar-refractivity contribution in [3.05, 3.63) is 30.3 Å². The highest BCUT2D eigenvalue weighted by Gasteiger charge is 2.39. The van der Waals surface area contributed by atoms with Gasteiger partial charge in [-0.05, 0) is 25.5 Å². The number of benzene rings is 1. The third-order valence-corrected chi connectivity index (χ3v) is 2.45. The minimum atomic E-state index is -4.41. The molecule has 0 aliphatic heterocycles. The quantitative estimate of drug-likeness (QED) is 0.809. The molecule has 1 N–H and O–H groups in total. The predicted octanol–water partition coefficient (Wildman–Crippen LogP) is 3.37. The van der Waals surface area contributed by atoms with Gasteiger partial charge in [0.2, 0.25) is 0 Å². The molecule has 19 heavy (non-hydrogen) atoms. The highest BCUT2D eigenvalue weighted by molar-refractivity contribution is 5.69. The van der Waals surface area contributed by atoms with E-state index in [-0.39, 0.29) is 19.4 Å². The number of ether oxygens (including phenoxy) is 1. The van der Waals surface area contributed by atoms with Crippen LogP contribution in [0.2, 0.25) is 0 Å². The Kier molecular flexibility index (Phi) is 5.66. The van der Waals surface area contributed by atoms with E-state index in [1.807, 2.05) is 0 Å². The van der Waals surface area contributed by atoms with Crippen molar-refractivity contribution in [1.29, 1.82) is 0 Å². The zero-order valence-corrected chi connectivity index (χ0v) is 10.5. The van der Waals surface area contributed by atoms with Gasteiger partial charge in [0, 0.05) is 12.1 Å². The summed E-state index contributed by atoms with van der Waals surface area (Å²) >= 11 is 0. The van der Waals surface area contributed by atoms with Crippen LogP contribution >= 0.6 is 0 Å². The van der Waals surface area contributed by atoms with Gasteiger partial charge < -0.3 is 10.1 Å². The molecule has 1 atom stereocenters. The number of rotatable bonds is 6. The van der Waals surface area contributed by atoms with E-state index in [0.29, 0.717) is 5.69 Å². The van der Waals surface area contributed by atoms with E-state index in [1.165, 1.54) is 0 Å². The van der Waals surface area contributed by atoms with Gasteiger partial charge in [-0.1, -0.05) is 18.2 Å². The van der Waals surface area contributed by atoms with Gasteiger partial charge in [-0.3, -0.25) is 4.79 Å². The molecule has 0 unspecified atom stereocenters. The fraction of sp³-hybridized carbons (Fsp3) is 0.462. The molecule has 106 valence electrons. The van der Waals surface area contributed by atoms with Crippen LogP contribution in [0, 0.1) is 0 Å². The summed E-state index contributed by atoms with van der Waals surface area (Å²) in [5.74, 6) is -0.619. The maximum atomic E-state index is 12.8. The van der Waals surface area contributed by atoms with Crippen LogP contribution in [0.3, 0.4) is 0 Å². The van der Waals surface area contributed by atoms with Crippen molar-refractivity contribution in [3.63, 3.8) is 0 Å². The Morgan fingerprint density at radius 3 is 2.47 bits per heavy atom. The molecule has 1 aromatic rings. The number of nitrogens with one attached hydrogen (secondary N) is 1. The van der Waals surface area contributed by atoms with E-state index in [4.69, 9.17) is 0 Å². The number of para-hydroxylation sites is 1. The molecule has 1 rings (SSSR count). The maximum Gasteiger partial charge on any atom is 0.408 e. The number of halogens is 3. The number of esters is 1. The normalized spacial score (nSPS) is 12.8. The van der Waals surface area contributed by atoms with Crippen molar-refractivity contribution < 1.29 is 22.7 Å². The first-order valence-corrected chi connectivity index (χ1v) is 5.97. The van der Waals surface area contributed by atoms with Gasteiger partial charge in [0.1, 0.15) is 6.04 Å². The van der Waals surface area contributed by atoms with Crippen molar-refractivity contribution in [3.8, 4) is 0 Å². The van der Waals surface area contributed by atoms with Crippen LogP contribution in [0.5, 0.6) is 0 Å². The summed E-state index contributed by atoms with van der Waals surface area (Å²) in [6.07, 6.45) is -5.03. The zero-order valence-electron chi connectivity index (χ0n) is 10.5. The largest absolute Gasteiger partial charge is 0.466 e. The molecule has 0 saturated heterocycles. The number of carbonyl (C=O) groups is 1. The third kappa shape index (κ3) is 5.63. The smallest absolute Gasteiger partial charge is 0.408 e. The molecule has 0 aliphatic carbocycles. The lowest BCUT2D eigenvalue weighted by molar-refractivity contribution is -0.150. The van der Waals surface area contributed by atoms with E-state index in [1.54, 1.807) is 37.3 Å². The Hall–Kier alpha value is -1.72. The summed E-state index contributed by atoms with van der Waals surface area (Å²) in [6, 6.07) is 6.32. The SMILES string of the molecule is CCOC(=O)CC[C@@H](Nc1ccccc1)C(F)(F)F. The van der Waals surface area contributed by atoms with E-state index in [2.05, 4.69) is 10.1 Å². The van der Waals surface area contributed by atoms with Crippen molar-refractivity contribution in [1.82, 2.24) is 0 Å². The van der Waals surface area contributed by atoms with Crippen LogP contribution in [0.4, 0.5) is 18.9 Å². The van der Waals surface area contributed by atoms with E-state index in [0.717, 1.165) is 0 Å². The molecule has 0 heterocycles. The van der Waals surface area contributed by atoms with Crippen LogP contribution in [0.1, 0.15) is 19.8 Å². The molecule has 1 aromatic carbocycles. The Morgan fingerprint density at radius 2 is 1.95 bits per heavy atom. The summed E-state index contributed by atoms with van der Waals surface area (Å²) < 4.78 is 43.1. The number of carbonyl (C=O) groups excluding carboxylic acids is 1. The van der Waals surface area contributed by atoms with Crippen molar-refractivity contribution in [2.24, 2.45) is 0 Å². The Labute approximate surface area is 109 Å². The molecule has 0 spiro atoms. The van der Waals surface area contributed by atoms with Crippen molar-refractivity contribution in [2.45, 2.75) is 32.0 Å². The highest BCUT2D eigenvalue weighted by Crippen LogP contribution is 2.26. The second-order valence-corrected chi connectivity index (χ2v) is 3.95. The third-order valence-electron chi connectivity index (χ3n) is 2.45. The molecule has 3 nitrogen and oxygen atoms in total. The maximum absolute atomic E-state index is 12.8. The molecule has 0 aliphatic rings. The summed E-state index contributed by atoms with van der Waals surface area (Å²) in [5, 5.41) is 2.38. The molecule has 0 radical (unpaired) electrons. The topological polar surface area (TPSA) is 38.3 Å². The van der Waals surface area contributed by atoms with Crippen LogP contribution in [-0.4, -0.2) is 24.8 Å². The Morgan fingerprint density at radius 1 is 1.32 bits per heavy atom. The first-order chi connectivity index (χ1) is 8.93. The molecule has 0 saturated carbocycles. The summed E-state index contributed by atoms with van der Waals surface area (Å²) in [6.45, 7) is 1.78. The van der Waals surface area contributed by atoms with Crippen LogP contribution in [-0.2, 0) is 9.53 Å². The number of hydrogen-bond acceptors (Lipinski definition) is 3. The summed E-state index contributed by atoms with van der Waals surface area (Å²) in [5.41, 5.74) is 0.369. The fourth-order valence-electron chi connectivity index (χ4n) is 1.55. The average Bonchev–Trinajstić information content (AvgIpc) is 2.34. The Balaban J connectivity index is 2.61. The van der Waals surface area contributed by atoms with Gasteiger partial charge in [-0.25, -0.2) is 0 Å². The first-order valence-electron chi connectivity index (χ1n) is 5.97. The number of hydrogen-bond donors (Lipinski definition) is 1. The first kappa shape index (κ1) is 15.3. The average molecular weight is 275 g/mol. The summed E-state index contributed by atoms with van der Waals surface area (Å²) in [4.78, 5) is 11.1.